The Morgan fingerprint density at radius 1 is 0.760 bits per heavy atom. The summed E-state index contributed by atoms with van der Waals surface area (Å²) in [7, 11) is 0. The number of nitrogens with zero attached hydrogens (tertiary/aromatic N) is 2. The van der Waals surface area contributed by atoms with Crippen molar-refractivity contribution in [3.8, 4) is 28.1 Å². The predicted molar refractivity (Wildman–Crippen MR) is 107 cm³/mol. The molecule has 0 bridgehead atoms. The molecule has 25 heavy (non-hydrogen) atoms. The number of hydrogen-bond acceptors (Lipinski definition) is 1. The Balaban J connectivity index is 1.89. The first kappa shape index (κ1) is 15.9. The lowest BCUT2D eigenvalue weighted by Crippen LogP contribution is -1.93. The van der Waals surface area contributed by atoms with E-state index < -0.39 is 0 Å². The number of aryl methyl sites for hydroxylation is 1. The Morgan fingerprint density at radius 3 is 2.08 bits per heavy atom. The molecule has 3 aromatic carbocycles. The summed E-state index contributed by atoms with van der Waals surface area (Å²) in [5.74, 6) is 0. The summed E-state index contributed by atoms with van der Waals surface area (Å²) in [6.07, 6.45) is 2.11. The topological polar surface area (TPSA) is 17.8 Å². The maximum Gasteiger partial charge on any atom is 0.101 e. The van der Waals surface area contributed by atoms with Crippen LogP contribution in [0.25, 0.3) is 28.1 Å². The molecule has 0 saturated carbocycles. The van der Waals surface area contributed by atoms with Crippen LogP contribution in [0.4, 0.5) is 0 Å². The van der Waals surface area contributed by atoms with Gasteiger partial charge in [-0.25, -0.2) is 4.68 Å². The molecule has 0 fully saturated rings. The minimum absolute atomic E-state index is 0.986. The molecule has 3 heteroatoms. The van der Waals surface area contributed by atoms with Gasteiger partial charge in [0.2, 0.25) is 0 Å². The maximum atomic E-state index is 4.88. The van der Waals surface area contributed by atoms with Crippen LogP contribution in [0.5, 0.6) is 0 Å². The van der Waals surface area contributed by atoms with E-state index in [0.717, 1.165) is 27.0 Å². The molecule has 0 spiro atoms. The first-order valence-corrected chi connectivity index (χ1v) is 8.98. The van der Waals surface area contributed by atoms with Gasteiger partial charge in [0.05, 0.1) is 5.69 Å². The van der Waals surface area contributed by atoms with Gasteiger partial charge in [-0.2, -0.15) is 5.10 Å². The summed E-state index contributed by atoms with van der Waals surface area (Å²) in [4.78, 5) is 0. The lowest BCUT2D eigenvalue weighted by molar-refractivity contribution is 0.884. The second-order valence-electron chi connectivity index (χ2n) is 6.04. The molecule has 1 heterocycles. The normalized spacial score (nSPS) is 10.8. The molecule has 0 radical (unpaired) electrons. The van der Waals surface area contributed by atoms with E-state index in [1.807, 2.05) is 22.9 Å². The summed E-state index contributed by atoms with van der Waals surface area (Å²) in [5, 5.41) is 4.88. The van der Waals surface area contributed by atoms with Gasteiger partial charge in [-0.3, -0.25) is 0 Å². The van der Waals surface area contributed by atoms with Gasteiger partial charge in [-0.05, 0) is 36.8 Å². The van der Waals surface area contributed by atoms with Gasteiger partial charge < -0.3 is 0 Å². The van der Waals surface area contributed by atoms with Crippen LogP contribution in [0.1, 0.15) is 5.56 Å². The van der Waals surface area contributed by atoms with Crippen LogP contribution in [0, 0.1) is 6.92 Å². The molecule has 4 aromatic rings. The van der Waals surface area contributed by atoms with Crippen molar-refractivity contribution >= 4 is 15.9 Å². The molecular weight excluding hydrogens is 372 g/mol. The van der Waals surface area contributed by atoms with Crippen molar-refractivity contribution in [2.45, 2.75) is 6.92 Å². The van der Waals surface area contributed by atoms with E-state index in [1.54, 1.807) is 0 Å². The monoisotopic (exact) mass is 388 g/mol. The molecule has 0 aliphatic carbocycles. The van der Waals surface area contributed by atoms with Gasteiger partial charge in [0.15, 0.2) is 0 Å². The molecule has 2 nitrogen and oxygen atoms in total. The zero-order valence-corrected chi connectivity index (χ0v) is 15.4. The Morgan fingerprint density at radius 2 is 1.40 bits per heavy atom. The number of benzene rings is 3. The molecule has 0 unspecified atom stereocenters. The Labute approximate surface area is 155 Å². The van der Waals surface area contributed by atoms with E-state index in [-0.39, 0.29) is 0 Å². The lowest BCUT2D eigenvalue weighted by atomic mass is 10.0. The summed E-state index contributed by atoms with van der Waals surface area (Å²) in [6.45, 7) is 2.10. The molecular formula is C22H17BrN2. The van der Waals surface area contributed by atoms with E-state index in [0.29, 0.717) is 0 Å². The van der Waals surface area contributed by atoms with Crippen molar-refractivity contribution in [3.63, 3.8) is 0 Å². The van der Waals surface area contributed by atoms with E-state index in [1.165, 1.54) is 11.1 Å². The highest BCUT2D eigenvalue weighted by molar-refractivity contribution is 9.10. The van der Waals surface area contributed by atoms with Crippen molar-refractivity contribution in [1.29, 1.82) is 0 Å². The second-order valence-corrected chi connectivity index (χ2v) is 6.96. The van der Waals surface area contributed by atoms with E-state index in [9.17, 15) is 0 Å². The third-order valence-corrected chi connectivity index (χ3v) is 4.74. The number of halogens is 1. The molecule has 4 rings (SSSR count). The number of hydrogen-bond donors (Lipinski definition) is 0. The predicted octanol–water partition coefficient (Wildman–Crippen LogP) is 6.28. The summed E-state index contributed by atoms with van der Waals surface area (Å²) < 4.78 is 3.02. The molecule has 0 aliphatic rings. The third kappa shape index (κ3) is 3.28. The Bertz CT molecular complexity index is 922. The van der Waals surface area contributed by atoms with Gasteiger partial charge in [-0.15, -0.1) is 0 Å². The minimum Gasteiger partial charge on any atom is -0.240 e. The maximum absolute atomic E-state index is 4.88. The molecule has 1 aromatic heterocycles. The summed E-state index contributed by atoms with van der Waals surface area (Å²) in [6, 6.07) is 27.1. The number of rotatable bonds is 3. The Kier molecular flexibility index (Phi) is 4.24. The van der Waals surface area contributed by atoms with Gasteiger partial charge in [0.1, 0.15) is 5.69 Å². The fourth-order valence-corrected chi connectivity index (χ4v) is 3.12. The highest BCUT2D eigenvalue weighted by Gasteiger charge is 2.14. The fourth-order valence-electron chi connectivity index (χ4n) is 2.85. The van der Waals surface area contributed by atoms with Crippen LogP contribution in [0.2, 0.25) is 0 Å². The molecule has 0 aliphatic heterocycles. The fraction of sp³-hybridized carbons (Fsp3) is 0.0455. The average Bonchev–Trinajstić information content (AvgIpc) is 3.09. The summed E-state index contributed by atoms with van der Waals surface area (Å²) >= 11 is 3.51. The van der Waals surface area contributed by atoms with Crippen LogP contribution < -0.4 is 0 Å². The van der Waals surface area contributed by atoms with Crippen molar-refractivity contribution in [2.75, 3.05) is 0 Å². The van der Waals surface area contributed by atoms with Crippen LogP contribution in [-0.2, 0) is 0 Å². The van der Waals surface area contributed by atoms with Crippen molar-refractivity contribution < 1.29 is 0 Å². The standard InChI is InChI=1S/C22H17BrN2/c1-16-7-9-17(10-8-16)21-15-25(20-5-3-2-4-6-20)24-22(21)18-11-13-19(23)14-12-18/h2-15H,1H3. The van der Waals surface area contributed by atoms with Crippen LogP contribution >= 0.6 is 15.9 Å². The third-order valence-electron chi connectivity index (χ3n) is 4.22. The van der Waals surface area contributed by atoms with Crippen molar-refractivity contribution in [3.05, 3.63) is 95.1 Å². The second kappa shape index (κ2) is 6.69. The summed E-state index contributed by atoms with van der Waals surface area (Å²) in [5.41, 5.74) is 6.70. The quantitative estimate of drug-likeness (QED) is 0.403. The zero-order chi connectivity index (χ0) is 17.2. The van der Waals surface area contributed by atoms with Crippen molar-refractivity contribution in [2.24, 2.45) is 0 Å². The van der Waals surface area contributed by atoms with Gasteiger partial charge in [0, 0.05) is 21.8 Å². The highest BCUT2D eigenvalue weighted by atomic mass is 79.9. The van der Waals surface area contributed by atoms with Gasteiger partial charge >= 0.3 is 0 Å². The minimum atomic E-state index is 0.986. The van der Waals surface area contributed by atoms with E-state index >= 15 is 0 Å². The van der Waals surface area contributed by atoms with Crippen molar-refractivity contribution in [1.82, 2.24) is 9.78 Å². The van der Waals surface area contributed by atoms with E-state index in [2.05, 4.69) is 89.7 Å². The molecule has 0 saturated heterocycles. The first-order chi connectivity index (χ1) is 12.2. The smallest absolute Gasteiger partial charge is 0.101 e. The number of aromatic nitrogens is 2. The van der Waals surface area contributed by atoms with Crippen LogP contribution in [0.15, 0.2) is 89.5 Å². The van der Waals surface area contributed by atoms with Gasteiger partial charge in [-0.1, -0.05) is 76.1 Å². The molecule has 0 N–H and O–H groups in total. The SMILES string of the molecule is Cc1ccc(-c2cn(-c3ccccc3)nc2-c2ccc(Br)cc2)cc1. The highest BCUT2D eigenvalue weighted by Crippen LogP contribution is 2.32. The lowest BCUT2D eigenvalue weighted by Gasteiger charge is -2.03. The largest absolute Gasteiger partial charge is 0.240 e. The van der Waals surface area contributed by atoms with Gasteiger partial charge in [0.25, 0.3) is 0 Å². The van der Waals surface area contributed by atoms with Crippen LogP contribution in [-0.4, -0.2) is 9.78 Å². The Hall–Kier alpha value is -2.65. The number of para-hydroxylation sites is 1. The molecule has 0 atom stereocenters. The first-order valence-electron chi connectivity index (χ1n) is 8.19. The molecule has 0 amide bonds. The zero-order valence-electron chi connectivity index (χ0n) is 13.9. The molecule has 122 valence electrons. The average molecular weight is 389 g/mol. The van der Waals surface area contributed by atoms with E-state index in [4.69, 9.17) is 5.10 Å². The van der Waals surface area contributed by atoms with Crippen LogP contribution in [0.3, 0.4) is 0 Å².